The van der Waals surface area contributed by atoms with Gasteiger partial charge in [0.2, 0.25) is 0 Å². The molecule has 0 radical (unpaired) electrons. The molecule has 0 aliphatic carbocycles. The van der Waals surface area contributed by atoms with E-state index in [1.54, 1.807) is 60.7 Å². The summed E-state index contributed by atoms with van der Waals surface area (Å²) in [6.45, 7) is 6.49. The van der Waals surface area contributed by atoms with Crippen molar-refractivity contribution in [1.82, 2.24) is 25.6 Å². The van der Waals surface area contributed by atoms with Gasteiger partial charge < -0.3 is 39.7 Å². The number of anilines is 1. The molecule has 0 unspecified atom stereocenters. The van der Waals surface area contributed by atoms with Crippen molar-refractivity contribution in [3.63, 3.8) is 0 Å². The van der Waals surface area contributed by atoms with E-state index in [4.69, 9.17) is 24.5 Å². The first-order valence-electron chi connectivity index (χ1n) is 21.2. The third-order valence-electron chi connectivity index (χ3n) is 10.4. The van der Waals surface area contributed by atoms with Gasteiger partial charge >= 0.3 is 34.7 Å². The summed E-state index contributed by atoms with van der Waals surface area (Å²) in [5.74, 6) is -4.03. The van der Waals surface area contributed by atoms with Crippen LogP contribution in [0.25, 0.3) is 0 Å². The molecule has 3 aromatic carbocycles. The lowest BCUT2D eigenvalue weighted by Crippen LogP contribution is -2.76. The Balaban J connectivity index is 1.36. The second-order valence-corrected chi connectivity index (χ2v) is 19.3. The van der Waals surface area contributed by atoms with Gasteiger partial charge in [0.15, 0.2) is 16.9 Å². The number of amidine groups is 1. The largest absolute Gasteiger partial charge is 0.489 e. The normalized spacial score (nSPS) is 17.4. The van der Waals surface area contributed by atoms with Gasteiger partial charge in [-0.05, 0) is 76.4 Å². The standard InChI is InChI=1S/C44H47F3N8O14S2/c1-42(2,3)67-40(59)52-39-50-30(34(70-39)44(45,46)47)31(36(56)51-33-37(57)55(43(33,4)5)69-71(62,63)64)53-68-29(38(58)66-32(24-12-8-6-9-13-24)25-14-10-7-11-15-25)23-65-28-18-16-26(17-19-28)35(48)49-27-20-21-54(22-27)41(60)61/h6-19,27,29,32-33H,20-23H2,1-5H3,(H2,48,49)(H,51,56)(H,60,61)(H,50,52,59)(H,62,63,64)/b53-31-/t27-,29+,33-/m1/s1. The summed E-state index contributed by atoms with van der Waals surface area (Å²) in [4.78, 5) is 74.7. The second-order valence-electron chi connectivity index (χ2n) is 17.3. The van der Waals surface area contributed by atoms with E-state index in [-0.39, 0.29) is 47.1 Å². The lowest BCUT2D eigenvalue weighted by molar-refractivity contribution is -0.218. The highest BCUT2D eigenvalue weighted by molar-refractivity contribution is 7.80. The van der Waals surface area contributed by atoms with Crippen molar-refractivity contribution in [2.75, 3.05) is 25.0 Å². The fraction of sp³-hybridized carbons (Fsp3) is 0.364. The summed E-state index contributed by atoms with van der Waals surface area (Å²) in [6, 6.07) is 20.6. The van der Waals surface area contributed by atoms with Gasteiger partial charge in [0, 0.05) is 24.7 Å². The quantitative estimate of drug-likeness (QED) is 0.0190. The minimum atomic E-state index is -5.30. The highest BCUT2D eigenvalue weighted by Crippen LogP contribution is 2.40. The first kappa shape index (κ1) is 53.0. The number of likely N-dealkylation sites (tertiary alicyclic amines) is 1. The predicted molar refractivity (Wildman–Crippen MR) is 245 cm³/mol. The number of aromatic nitrogens is 1. The Hall–Kier alpha value is -7.36. The topological polar surface area (TPSA) is 298 Å². The highest BCUT2D eigenvalue weighted by atomic mass is 32.3. The minimum Gasteiger partial charge on any atom is -0.489 e. The number of nitrogens with zero attached hydrogens (tertiary/aromatic N) is 4. The van der Waals surface area contributed by atoms with Gasteiger partial charge in [-0.1, -0.05) is 77.2 Å². The molecule has 2 aliphatic rings. The third kappa shape index (κ3) is 13.7. The fourth-order valence-corrected chi connectivity index (χ4v) is 8.27. The summed E-state index contributed by atoms with van der Waals surface area (Å²) in [5, 5.41) is 28.2. The zero-order chi connectivity index (χ0) is 52.1. The van der Waals surface area contributed by atoms with Crippen molar-refractivity contribution in [1.29, 1.82) is 5.41 Å². The van der Waals surface area contributed by atoms with E-state index < -0.39 is 104 Å². The van der Waals surface area contributed by atoms with Crippen LogP contribution in [-0.2, 0) is 49.6 Å². The average molecular weight is 1030 g/mol. The van der Waals surface area contributed by atoms with Crippen molar-refractivity contribution in [2.45, 2.75) is 82.6 Å². The maximum Gasteiger partial charge on any atom is 0.427 e. The molecule has 2 fully saturated rings. The van der Waals surface area contributed by atoms with Crippen LogP contribution in [0.1, 0.15) is 74.4 Å². The van der Waals surface area contributed by atoms with Crippen LogP contribution in [0.15, 0.2) is 90.1 Å². The lowest BCUT2D eigenvalue weighted by Gasteiger charge is -2.50. The molecular weight excluding hydrogens is 986 g/mol. The van der Waals surface area contributed by atoms with Crippen molar-refractivity contribution < 1.29 is 78.6 Å². The van der Waals surface area contributed by atoms with E-state index in [9.17, 15) is 55.2 Å². The fourth-order valence-electron chi connectivity index (χ4n) is 6.99. The Kier molecular flexibility index (Phi) is 15.9. The van der Waals surface area contributed by atoms with Gasteiger partial charge in [-0.15, -0.1) is 4.28 Å². The summed E-state index contributed by atoms with van der Waals surface area (Å²) >= 11 is -0.139. The number of amides is 4. The molecule has 2 aliphatic heterocycles. The SMILES string of the molecule is CC(C)(C)OC(=O)Nc1nc(/C(=N/O[C@@H](COc2ccc(C(=N)N[C@@H]3CCN(C(=O)O)C3)cc2)C(=O)OC(c2ccccc2)c2ccccc2)C(=O)N[C@@H]2C(=O)N(OS(=O)(=O)O)C2(C)C)c(C(F)(F)F)s1. The monoisotopic (exact) mass is 1030 g/mol. The molecular formula is C44H47F3N8O14S2. The van der Waals surface area contributed by atoms with E-state index in [1.165, 1.54) is 63.8 Å². The van der Waals surface area contributed by atoms with Crippen LogP contribution < -0.4 is 20.7 Å². The number of oxime groups is 1. The molecule has 1 aromatic heterocycles. The third-order valence-corrected chi connectivity index (χ3v) is 11.7. The number of hydroxylamine groups is 2. The molecule has 3 atom stereocenters. The maximum atomic E-state index is 14.9. The number of carboxylic acid groups (broad SMARTS) is 1. The minimum absolute atomic E-state index is 0.0260. The van der Waals surface area contributed by atoms with Crippen LogP contribution in [0.5, 0.6) is 5.75 Å². The molecule has 0 spiro atoms. The van der Waals surface area contributed by atoms with Crippen molar-refractivity contribution in [3.05, 3.63) is 112 Å². The number of hydrogen-bond donors (Lipinski definition) is 6. The van der Waals surface area contributed by atoms with E-state index >= 15 is 0 Å². The summed E-state index contributed by atoms with van der Waals surface area (Å²) in [5.41, 5.74) is -4.12. The van der Waals surface area contributed by atoms with Crippen molar-refractivity contribution in [2.24, 2.45) is 5.16 Å². The lowest BCUT2D eigenvalue weighted by atomic mass is 9.84. The van der Waals surface area contributed by atoms with E-state index in [1.807, 2.05) is 0 Å². The number of carbonyl (C=O) groups is 5. The summed E-state index contributed by atoms with van der Waals surface area (Å²) in [6.07, 6.45) is -10.3. The molecule has 4 aromatic rings. The first-order valence-corrected chi connectivity index (χ1v) is 23.4. The van der Waals surface area contributed by atoms with Crippen LogP contribution in [0, 0.1) is 5.41 Å². The molecule has 2 saturated heterocycles. The molecule has 71 heavy (non-hydrogen) atoms. The van der Waals surface area contributed by atoms with Crippen LogP contribution in [0.2, 0.25) is 0 Å². The second kappa shape index (κ2) is 21.3. The maximum absolute atomic E-state index is 14.9. The Labute approximate surface area is 407 Å². The molecule has 0 bridgehead atoms. The van der Waals surface area contributed by atoms with Crippen molar-refractivity contribution in [3.8, 4) is 5.75 Å². The number of hydrogen-bond acceptors (Lipinski definition) is 16. The highest BCUT2D eigenvalue weighted by Gasteiger charge is 2.58. The van der Waals surface area contributed by atoms with Gasteiger partial charge in [-0.3, -0.25) is 24.9 Å². The number of thiazole rings is 1. The molecule has 6 N–H and O–H groups in total. The smallest absolute Gasteiger partial charge is 0.427 e. The summed E-state index contributed by atoms with van der Waals surface area (Å²) in [7, 11) is -5.27. The van der Waals surface area contributed by atoms with Crippen LogP contribution in [0.3, 0.4) is 0 Å². The molecule has 4 amide bonds. The van der Waals surface area contributed by atoms with Gasteiger partial charge in [-0.2, -0.15) is 26.7 Å². The zero-order valence-corrected chi connectivity index (χ0v) is 39.9. The van der Waals surface area contributed by atoms with Crippen LogP contribution >= 0.6 is 11.3 Å². The van der Waals surface area contributed by atoms with Gasteiger partial charge in [0.05, 0.1) is 5.54 Å². The molecule has 6 rings (SSSR count). The van der Waals surface area contributed by atoms with E-state index in [0.29, 0.717) is 23.1 Å². The number of carbonyl (C=O) groups excluding carboxylic acids is 4. The van der Waals surface area contributed by atoms with E-state index in [0.717, 1.165) is 0 Å². The molecule has 3 heterocycles. The van der Waals surface area contributed by atoms with Gasteiger partial charge in [0.25, 0.3) is 17.9 Å². The Bertz CT molecular complexity index is 2730. The number of esters is 1. The van der Waals surface area contributed by atoms with E-state index in [2.05, 4.69) is 30.4 Å². The number of β-lactam (4-membered cyclic amide) rings is 1. The van der Waals surface area contributed by atoms with Crippen LogP contribution in [0.4, 0.5) is 27.9 Å². The molecule has 22 nitrogen and oxygen atoms in total. The number of halogens is 3. The summed E-state index contributed by atoms with van der Waals surface area (Å²) < 4.78 is 98.1. The Morgan fingerprint density at radius 2 is 1.58 bits per heavy atom. The average Bonchev–Trinajstić information content (AvgIpc) is 3.95. The molecule has 27 heteroatoms. The molecule has 380 valence electrons. The Morgan fingerprint density at radius 3 is 2.10 bits per heavy atom. The Morgan fingerprint density at radius 1 is 0.972 bits per heavy atom. The molecule has 0 saturated carbocycles. The number of rotatable bonds is 17. The van der Waals surface area contributed by atoms with Crippen molar-refractivity contribution >= 4 is 68.4 Å². The van der Waals surface area contributed by atoms with Gasteiger partial charge in [-0.25, -0.2) is 19.4 Å². The van der Waals surface area contributed by atoms with Gasteiger partial charge in [0.1, 0.15) is 40.4 Å². The van der Waals surface area contributed by atoms with Crippen LogP contribution in [-0.4, -0.2) is 124 Å². The first-order chi connectivity index (χ1) is 33.2. The number of alkyl halides is 3. The number of benzene rings is 3. The number of nitrogens with one attached hydrogen (secondary N) is 4. The zero-order valence-electron chi connectivity index (χ0n) is 38.3. The number of ether oxygens (including phenoxy) is 3. The predicted octanol–water partition coefficient (Wildman–Crippen LogP) is 5.52.